The maximum absolute atomic E-state index is 12.3. The zero-order chi connectivity index (χ0) is 13.9. The predicted molar refractivity (Wildman–Crippen MR) is 73.3 cm³/mol. The summed E-state index contributed by atoms with van der Waals surface area (Å²) in [7, 11) is 0. The molecule has 4 heteroatoms. The minimum atomic E-state index is 0.0405. The van der Waals surface area contributed by atoms with Crippen LogP contribution in [0, 0.1) is 22.7 Å². The summed E-state index contributed by atoms with van der Waals surface area (Å²) in [4.78, 5) is 16.4. The molecule has 1 unspecified atom stereocenters. The van der Waals surface area contributed by atoms with Crippen LogP contribution in [-0.4, -0.2) is 10.9 Å². The van der Waals surface area contributed by atoms with Crippen LogP contribution in [0.15, 0.2) is 18.3 Å². The zero-order valence-corrected chi connectivity index (χ0v) is 11.4. The first-order valence-electron chi connectivity index (χ1n) is 6.70. The van der Waals surface area contributed by atoms with Crippen molar-refractivity contribution in [2.45, 2.75) is 39.5 Å². The molecule has 1 amide bonds. The van der Waals surface area contributed by atoms with Crippen LogP contribution < -0.4 is 5.32 Å². The Morgan fingerprint density at radius 3 is 2.84 bits per heavy atom. The minimum Gasteiger partial charge on any atom is -0.310 e. The third-order valence-electron chi connectivity index (χ3n) is 3.97. The number of pyridine rings is 1. The van der Waals surface area contributed by atoms with Crippen LogP contribution in [0.25, 0.3) is 0 Å². The van der Waals surface area contributed by atoms with Gasteiger partial charge in [0.15, 0.2) is 0 Å². The molecule has 0 aromatic carbocycles. The summed E-state index contributed by atoms with van der Waals surface area (Å²) in [6, 6.07) is 5.34. The van der Waals surface area contributed by atoms with E-state index in [1.54, 1.807) is 12.1 Å². The Labute approximate surface area is 113 Å². The van der Waals surface area contributed by atoms with Crippen molar-refractivity contribution in [2.24, 2.45) is 11.3 Å². The third kappa shape index (κ3) is 3.11. The molecule has 19 heavy (non-hydrogen) atoms. The smallest absolute Gasteiger partial charge is 0.229 e. The van der Waals surface area contributed by atoms with Gasteiger partial charge in [-0.2, -0.15) is 5.26 Å². The molecule has 0 radical (unpaired) electrons. The molecule has 0 spiro atoms. The van der Waals surface area contributed by atoms with Gasteiger partial charge in [-0.1, -0.05) is 26.7 Å². The molecule has 4 nitrogen and oxygen atoms in total. The fourth-order valence-electron chi connectivity index (χ4n) is 2.73. The maximum atomic E-state index is 12.3. The Balaban J connectivity index is 2.05. The van der Waals surface area contributed by atoms with Crippen LogP contribution in [0.5, 0.6) is 0 Å². The molecule has 1 atom stereocenters. The van der Waals surface area contributed by atoms with E-state index in [1.807, 2.05) is 6.07 Å². The quantitative estimate of drug-likeness (QED) is 0.885. The van der Waals surface area contributed by atoms with Gasteiger partial charge in [-0.05, 0) is 30.4 Å². The van der Waals surface area contributed by atoms with Gasteiger partial charge in [-0.3, -0.25) is 4.79 Å². The normalized spacial score (nSPS) is 21.4. The number of aromatic nitrogens is 1. The Morgan fingerprint density at radius 2 is 2.26 bits per heavy atom. The van der Waals surface area contributed by atoms with Crippen molar-refractivity contribution in [3.05, 3.63) is 23.9 Å². The van der Waals surface area contributed by atoms with E-state index in [0.717, 1.165) is 19.3 Å². The van der Waals surface area contributed by atoms with Gasteiger partial charge in [0.25, 0.3) is 0 Å². The van der Waals surface area contributed by atoms with E-state index >= 15 is 0 Å². The minimum absolute atomic E-state index is 0.0405. The molecule has 0 saturated heterocycles. The van der Waals surface area contributed by atoms with Gasteiger partial charge in [-0.25, -0.2) is 4.98 Å². The monoisotopic (exact) mass is 257 g/mol. The number of nitriles is 1. The topological polar surface area (TPSA) is 65.8 Å². The number of amides is 1. The molecule has 1 aliphatic rings. The summed E-state index contributed by atoms with van der Waals surface area (Å²) < 4.78 is 0. The van der Waals surface area contributed by atoms with Crippen molar-refractivity contribution >= 4 is 11.7 Å². The SMILES string of the molecule is CC1(C)CCCCC1C(=O)Nc1ccc(C#N)cn1. The molecule has 1 fully saturated rings. The summed E-state index contributed by atoms with van der Waals surface area (Å²) in [6.07, 6.45) is 5.82. The molecular weight excluding hydrogens is 238 g/mol. The Kier molecular flexibility index (Phi) is 3.84. The molecule has 1 N–H and O–H groups in total. The lowest BCUT2D eigenvalue weighted by Crippen LogP contribution is -2.37. The van der Waals surface area contributed by atoms with Crippen molar-refractivity contribution in [3.63, 3.8) is 0 Å². The van der Waals surface area contributed by atoms with Crippen molar-refractivity contribution in [3.8, 4) is 6.07 Å². The van der Waals surface area contributed by atoms with Crippen molar-refractivity contribution in [1.82, 2.24) is 4.98 Å². The Morgan fingerprint density at radius 1 is 1.47 bits per heavy atom. The van der Waals surface area contributed by atoms with E-state index in [9.17, 15) is 4.79 Å². The van der Waals surface area contributed by atoms with Crippen LogP contribution in [0.2, 0.25) is 0 Å². The fraction of sp³-hybridized carbons (Fsp3) is 0.533. The number of anilines is 1. The highest BCUT2D eigenvalue weighted by Crippen LogP contribution is 2.40. The van der Waals surface area contributed by atoms with Crippen LogP contribution in [0.3, 0.4) is 0 Å². The summed E-state index contributed by atoms with van der Waals surface area (Å²) in [6.45, 7) is 4.31. The molecule has 1 aliphatic carbocycles. The second-order valence-electron chi connectivity index (χ2n) is 5.82. The van der Waals surface area contributed by atoms with Gasteiger partial charge < -0.3 is 5.32 Å². The van der Waals surface area contributed by atoms with Gasteiger partial charge in [0.2, 0.25) is 5.91 Å². The van der Waals surface area contributed by atoms with Crippen molar-refractivity contribution in [2.75, 3.05) is 5.32 Å². The number of carbonyl (C=O) groups is 1. The summed E-state index contributed by atoms with van der Waals surface area (Å²) in [5.41, 5.74) is 0.547. The second kappa shape index (κ2) is 5.40. The molecule has 100 valence electrons. The number of nitrogens with zero attached hydrogens (tertiary/aromatic N) is 2. The van der Waals surface area contributed by atoms with E-state index in [2.05, 4.69) is 24.1 Å². The van der Waals surface area contributed by atoms with Crippen LogP contribution in [0.4, 0.5) is 5.82 Å². The van der Waals surface area contributed by atoms with Crippen LogP contribution >= 0.6 is 0 Å². The van der Waals surface area contributed by atoms with Crippen LogP contribution in [-0.2, 0) is 4.79 Å². The largest absolute Gasteiger partial charge is 0.310 e. The predicted octanol–water partition coefficient (Wildman–Crippen LogP) is 3.11. The zero-order valence-electron chi connectivity index (χ0n) is 11.4. The number of carbonyl (C=O) groups excluding carboxylic acids is 1. The first-order valence-corrected chi connectivity index (χ1v) is 6.70. The highest BCUT2D eigenvalue weighted by atomic mass is 16.2. The Hall–Kier alpha value is -1.89. The van der Waals surface area contributed by atoms with E-state index in [4.69, 9.17) is 5.26 Å². The molecular formula is C15H19N3O. The molecule has 1 aromatic heterocycles. The Bertz CT molecular complexity index is 499. The molecule has 1 aromatic rings. The van der Waals surface area contributed by atoms with E-state index in [-0.39, 0.29) is 17.2 Å². The molecule has 0 aliphatic heterocycles. The number of rotatable bonds is 2. The van der Waals surface area contributed by atoms with Crippen molar-refractivity contribution < 1.29 is 4.79 Å². The van der Waals surface area contributed by atoms with E-state index in [0.29, 0.717) is 11.4 Å². The average molecular weight is 257 g/mol. The summed E-state index contributed by atoms with van der Waals surface area (Å²) >= 11 is 0. The molecule has 1 saturated carbocycles. The average Bonchev–Trinajstić information content (AvgIpc) is 2.39. The standard InChI is InChI=1S/C15H19N3O/c1-15(2)8-4-3-5-12(15)14(19)18-13-7-6-11(9-16)10-17-13/h6-7,10,12H,3-5,8H2,1-2H3,(H,17,18,19). The second-order valence-corrected chi connectivity index (χ2v) is 5.82. The lowest BCUT2D eigenvalue weighted by atomic mass is 9.68. The van der Waals surface area contributed by atoms with Crippen LogP contribution in [0.1, 0.15) is 45.1 Å². The van der Waals surface area contributed by atoms with Gasteiger partial charge in [-0.15, -0.1) is 0 Å². The highest BCUT2D eigenvalue weighted by Gasteiger charge is 2.37. The summed E-state index contributed by atoms with van der Waals surface area (Å²) in [5.74, 6) is 0.603. The van der Waals surface area contributed by atoms with Crippen molar-refractivity contribution in [1.29, 1.82) is 5.26 Å². The number of hydrogen-bond acceptors (Lipinski definition) is 3. The molecule has 0 bridgehead atoms. The first kappa shape index (κ1) is 13.5. The number of nitrogens with one attached hydrogen (secondary N) is 1. The first-order chi connectivity index (χ1) is 9.03. The van der Waals surface area contributed by atoms with Gasteiger partial charge in [0.1, 0.15) is 11.9 Å². The number of hydrogen-bond donors (Lipinski definition) is 1. The highest BCUT2D eigenvalue weighted by molar-refractivity contribution is 5.92. The van der Waals surface area contributed by atoms with Gasteiger partial charge >= 0.3 is 0 Å². The molecule has 2 rings (SSSR count). The fourth-order valence-corrected chi connectivity index (χ4v) is 2.73. The molecule has 1 heterocycles. The van der Waals surface area contributed by atoms with E-state index in [1.165, 1.54) is 12.6 Å². The van der Waals surface area contributed by atoms with E-state index < -0.39 is 0 Å². The lowest BCUT2D eigenvalue weighted by molar-refractivity contribution is -0.124. The van der Waals surface area contributed by atoms with Gasteiger partial charge in [0, 0.05) is 12.1 Å². The summed E-state index contributed by atoms with van der Waals surface area (Å²) in [5, 5.41) is 11.6. The third-order valence-corrected chi connectivity index (χ3v) is 3.97. The lowest BCUT2D eigenvalue weighted by Gasteiger charge is -2.37. The van der Waals surface area contributed by atoms with Gasteiger partial charge in [0.05, 0.1) is 5.56 Å². The maximum Gasteiger partial charge on any atom is 0.229 e.